The van der Waals surface area contributed by atoms with Gasteiger partial charge in [0.05, 0.1) is 12.8 Å². The number of benzene rings is 2. The van der Waals surface area contributed by atoms with Crippen LogP contribution in [0.3, 0.4) is 0 Å². The number of nitrogens with one attached hydrogen (secondary N) is 1. The maximum atomic E-state index is 13.6. The van der Waals surface area contributed by atoms with Crippen LogP contribution in [0, 0.1) is 18.6 Å². The number of rotatable bonds is 4. The highest BCUT2D eigenvalue weighted by atomic mass is 19.1. The second-order valence-corrected chi connectivity index (χ2v) is 4.31. The van der Waals surface area contributed by atoms with Gasteiger partial charge in [-0.1, -0.05) is 12.1 Å². The highest BCUT2D eigenvalue weighted by molar-refractivity contribution is 5.46. The van der Waals surface area contributed by atoms with Gasteiger partial charge in [0, 0.05) is 6.54 Å². The summed E-state index contributed by atoms with van der Waals surface area (Å²) in [5.74, 6) is -0.537. The van der Waals surface area contributed by atoms with Crippen LogP contribution in [0.1, 0.15) is 11.1 Å². The van der Waals surface area contributed by atoms with Gasteiger partial charge in [0.1, 0.15) is 5.82 Å². The lowest BCUT2D eigenvalue weighted by Gasteiger charge is -2.09. The minimum atomic E-state index is -0.425. The molecule has 0 unspecified atom stereocenters. The van der Waals surface area contributed by atoms with Gasteiger partial charge in [-0.2, -0.15) is 0 Å². The summed E-state index contributed by atoms with van der Waals surface area (Å²) in [6.45, 7) is 2.17. The van der Waals surface area contributed by atoms with E-state index in [0.29, 0.717) is 12.2 Å². The maximum Gasteiger partial charge on any atom is 0.165 e. The molecule has 2 rings (SSSR count). The Balaban J connectivity index is 2.08. The number of anilines is 1. The third kappa shape index (κ3) is 3.22. The summed E-state index contributed by atoms with van der Waals surface area (Å²) >= 11 is 0. The molecule has 0 aliphatic carbocycles. The van der Waals surface area contributed by atoms with Crippen LogP contribution >= 0.6 is 0 Å². The molecule has 0 bridgehead atoms. The van der Waals surface area contributed by atoms with Gasteiger partial charge in [0.2, 0.25) is 0 Å². The quantitative estimate of drug-likeness (QED) is 0.903. The molecule has 2 aromatic carbocycles. The molecule has 0 aromatic heterocycles. The number of hydrogen-bond donors (Lipinski definition) is 1. The van der Waals surface area contributed by atoms with Gasteiger partial charge in [-0.3, -0.25) is 0 Å². The first kappa shape index (κ1) is 13.3. The van der Waals surface area contributed by atoms with E-state index in [0.717, 1.165) is 11.1 Å². The largest absolute Gasteiger partial charge is 0.494 e. The molecular weight excluding hydrogens is 248 g/mol. The van der Waals surface area contributed by atoms with Crippen molar-refractivity contribution in [1.82, 2.24) is 0 Å². The van der Waals surface area contributed by atoms with Gasteiger partial charge in [-0.15, -0.1) is 0 Å². The summed E-state index contributed by atoms with van der Waals surface area (Å²) in [5, 5.41) is 2.94. The Bertz CT molecular complexity index is 584. The summed E-state index contributed by atoms with van der Waals surface area (Å²) in [6, 6.07) is 9.61. The van der Waals surface area contributed by atoms with Crippen molar-refractivity contribution in [2.24, 2.45) is 0 Å². The summed E-state index contributed by atoms with van der Waals surface area (Å²) in [4.78, 5) is 0. The topological polar surface area (TPSA) is 21.3 Å². The highest BCUT2D eigenvalue weighted by Gasteiger charge is 2.05. The Morgan fingerprint density at radius 2 is 1.84 bits per heavy atom. The molecule has 2 aromatic rings. The van der Waals surface area contributed by atoms with E-state index in [1.165, 1.54) is 19.2 Å². The Morgan fingerprint density at radius 1 is 1.05 bits per heavy atom. The maximum absolute atomic E-state index is 13.6. The normalized spacial score (nSPS) is 10.3. The van der Waals surface area contributed by atoms with Crippen LogP contribution in [0.15, 0.2) is 36.4 Å². The smallest absolute Gasteiger partial charge is 0.165 e. The van der Waals surface area contributed by atoms with Crippen molar-refractivity contribution in [2.75, 3.05) is 12.4 Å². The van der Waals surface area contributed by atoms with Crippen molar-refractivity contribution in [1.29, 1.82) is 0 Å². The fourth-order valence-electron chi connectivity index (χ4n) is 1.78. The van der Waals surface area contributed by atoms with Gasteiger partial charge in [-0.25, -0.2) is 8.78 Å². The van der Waals surface area contributed by atoms with E-state index < -0.39 is 5.82 Å². The van der Waals surface area contributed by atoms with Gasteiger partial charge < -0.3 is 10.1 Å². The van der Waals surface area contributed by atoms with Crippen molar-refractivity contribution in [2.45, 2.75) is 13.5 Å². The minimum absolute atomic E-state index is 0.199. The van der Waals surface area contributed by atoms with E-state index in [1.807, 2.05) is 13.0 Å². The zero-order valence-electron chi connectivity index (χ0n) is 10.8. The van der Waals surface area contributed by atoms with Crippen LogP contribution in [-0.2, 0) is 6.54 Å². The Morgan fingerprint density at radius 3 is 2.47 bits per heavy atom. The van der Waals surface area contributed by atoms with E-state index >= 15 is 0 Å². The van der Waals surface area contributed by atoms with Gasteiger partial charge in [0.15, 0.2) is 11.6 Å². The summed E-state index contributed by atoms with van der Waals surface area (Å²) in [5.41, 5.74) is 1.98. The van der Waals surface area contributed by atoms with Crippen molar-refractivity contribution in [3.8, 4) is 5.75 Å². The first-order chi connectivity index (χ1) is 9.10. The number of aryl methyl sites for hydroxylation is 1. The van der Waals surface area contributed by atoms with Crippen molar-refractivity contribution >= 4 is 5.69 Å². The molecule has 0 heterocycles. The molecule has 0 aliphatic rings. The molecule has 0 amide bonds. The van der Waals surface area contributed by atoms with Gasteiger partial charge in [0.25, 0.3) is 0 Å². The molecule has 0 atom stereocenters. The van der Waals surface area contributed by atoms with E-state index in [4.69, 9.17) is 4.74 Å². The molecule has 2 nitrogen and oxygen atoms in total. The Labute approximate surface area is 111 Å². The van der Waals surface area contributed by atoms with Crippen LogP contribution in [0.2, 0.25) is 0 Å². The van der Waals surface area contributed by atoms with Gasteiger partial charge >= 0.3 is 0 Å². The number of hydrogen-bond acceptors (Lipinski definition) is 2. The van der Waals surface area contributed by atoms with E-state index in [9.17, 15) is 8.78 Å². The van der Waals surface area contributed by atoms with Crippen LogP contribution in [-0.4, -0.2) is 7.11 Å². The minimum Gasteiger partial charge on any atom is -0.494 e. The first-order valence-corrected chi connectivity index (χ1v) is 5.92. The SMILES string of the molecule is COc1ccc(CNc2ccc(C)cc2F)cc1F. The Kier molecular flexibility index (Phi) is 4.00. The molecule has 19 heavy (non-hydrogen) atoms. The number of ether oxygens (including phenoxy) is 1. The fourth-order valence-corrected chi connectivity index (χ4v) is 1.78. The molecular formula is C15H15F2NO. The second-order valence-electron chi connectivity index (χ2n) is 4.31. The van der Waals surface area contributed by atoms with Crippen LogP contribution in [0.25, 0.3) is 0 Å². The molecule has 1 N–H and O–H groups in total. The molecule has 0 saturated heterocycles. The van der Waals surface area contributed by atoms with Crippen LogP contribution < -0.4 is 10.1 Å². The number of methoxy groups -OCH3 is 1. The lowest BCUT2D eigenvalue weighted by Crippen LogP contribution is -2.02. The monoisotopic (exact) mass is 263 g/mol. The first-order valence-electron chi connectivity index (χ1n) is 5.92. The fraction of sp³-hybridized carbons (Fsp3) is 0.200. The highest BCUT2D eigenvalue weighted by Crippen LogP contribution is 2.20. The number of halogens is 2. The molecule has 100 valence electrons. The molecule has 0 spiro atoms. The molecule has 0 fully saturated rings. The standard InChI is InChI=1S/C15H15F2NO/c1-10-3-5-14(12(16)7-10)18-9-11-4-6-15(19-2)13(17)8-11/h3-8,18H,9H2,1-2H3. The third-order valence-corrected chi connectivity index (χ3v) is 2.82. The molecule has 0 saturated carbocycles. The van der Waals surface area contributed by atoms with Crippen molar-refractivity contribution < 1.29 is 13.5 Å². The molecule has 0 aliphatic heterocycles. The second kappa shape index (κ2) is 5.69. The van der Waals surface area contributed by atoms with Crippen molar-refractivity contribution in [3.63, 3.8) is 0 Å². The molecule has 4 heteroatoms. The average Bonchev–Trinajstić information content (AvgIpc) is 2.38. The average molecular weight is 263 g/mol. The third-order valence-electron chi connectivity index (χ3n) is 2.82. The van der Waals surface area contributed by atoms with E-state index in [-0.39, 0.29) is 11.6 Å². The van der Waals surface area contributed by atoms with Gasteiger partial charge in [-0.05, 0) is 42.3 Å². The lowest BCUT2D eigenvalue weighted by atomic mass is 10.2. The van der Waals surface area contributed by atoms with Crippen molar-refractivity contribution in [3.05, 3.63) is 59.2 Å². The van der Waals surface area contributed by atoms with Crippen LogP contribution in [0.5, 0.6) is 5.75 Å². The lowest BCUT2D eigenvalue weighted by molar-refractivity contribution is 0.386. The predicted molar refractivity (Wildman–Crippen MR) is 71.4 cm³/mol. The van der Waals surface area contributed by atoms with Crippen LogP contribution in [0.4, 0.5) is 14.5 Å². The van der Waals surface area contributed by atoms with E-state index in [1.54, 1.807) is 18.2 Å². The summed E-state index contributed by atoms with van der Waals surface area (Å²) in [6.07, 6.45) is 0. The predicted octanol–water partition coefficient (Wildman–Crippen LogP) is 3.89. The van der Waals surface area contributed by atoms with E-state index in [2.05, 4.69) is 5.32 Å². The zero-order valence-corrected chi connectivity index (χ0v) is 10.8. The summed E-state index contributed by atoms with van der Waals surface area (Å²) in [7, 11) is 1.41. The molecule has 0 radical (unpaired) electrons. The zero-order chi connectivity index (χ0) is 13.8. The Hall–Kier alpha value is -2.10. The summed E-state index contributed by atoms with van der Waals surface area (Å²) < 4.78 is 31.9.